The summed E-state index contributed by atoms with van der Waals surface area (Å²) >= 11 is 0. The molecule has 1 aromatic carbocycles. The first-order valence-corrected chi connectivity index (χ1v) is 10.1. The van der Waals surface area contributed by atoms with Gasteiger partial charge in [-0.05, 0) is 43.2 Å². The van der Waals surface area contributed by atoms with E-state index in [-0.39, 0.29) is 12.5 Å². The minimum atomic E-state index is -0.119. The highest BCUT2D eigenvalue weighted by Crippen LogP contribution is 2.11. The zero-order chi connectivity index (χ0) is 21.0. The first-order valence-electron chi connectivity index (χ1n) is 10.1. The molecule has 0 aliphatic rings. The summed E-state index contributed by atoms with van der Waals surface area (Å²) in [5.41, 5.74) is 1.76. The molecule has 0 spiro atoms. The van der Waals surface area contributed by atoms with Crippen LogP contribution in [0, 0.1) is 0 Å². The lowest BCUT2D eigenvalue weighted by atomic mass is 10.2. The smallest absolute Gasteiger partial charge is 0.246 e. The third kappa shape index (κ3) is 7.08. The molecule has 0 radical (unpaired) electrons. The van der Waals surface area contributed by atoms with Crippen molar-refractivity contribution in [2.45, 2.75) is 33.0 Å². The van der Waals surface area contributed by atoms with Gasteiger partial charge in [-0.1, -0.05) is 12.1 Å². The van der Waals surface area contributed by atoms with Gasteiger partial charge in [-0.25, -0.2) is 4.99 Å². The van der Waals surface area contributed by atoms with Crippen molar-refractivity contribution in [2.75, 3.05) is 18.4 Å². The molecule has 9 heteroatoms. The second-order valence-corrected chi connectivity index (χ2v) is 6.70. The lowest BCUT2D eigenvalue weighted by Gasteiger charge is -2.12. The lowest BCUT2D eigenvalue weighted by molar-refractivity contribution is -0.116. The number of guanidine groups is 1. The number of aromatic nitrogens is 4. The molecule has 0 unspecified atom stereocenters. The van der Waals surface area contributed by atoms with Crippen molar-refractivity contribution in [1.29, 1.82) is 0 Å². The summed E-state index contributed by atoms with van der Waals surface area (Å²) in [5, 5.41) is 17.7. The van der Waals surface area contributed by atoms with Crippen LogP contribution in [0.15, 0.2) is 66.2 Å². The fourth-order valence-electron chi connectivity index (χ4n) is 2.88. The van der Waals surface area contributed by atoms with Crippen LogP contribution in [-0.2, 0) is 24.4 Å². The van der Waals surface area contributed by atoms with Crippen molar-refractivity contribution < 1.29 is 4.79 Å². The Morgan fingerprint density at radius 3 is 2.60 bits per heavy atom. The molecule has 1 amide bonds. The summed E-state index contributed by atoms with van der Waals surface area (Å²) in [6, 6.07) is 11.4. The molecule has 30 heavy (non-hydrogen) atoms. The van der Waals surface area contributed by atoms with E-state index < -0.39 is 0 Å². The van der Waals surface area contributed by atoms with Gasteiger partial charge >= 0.3 is 0 Å². The molecule has 3 N–H and O–H groups in total. The Morgan fingerprint density at radius 1 is 1.07 bits per heavy atom. The molecular formula is C21H28N8O. The predicted octanol–water partition coefficient (Wildman–Crippen LogP) is 1.86. The molecule has 0 fully saturated rings. The summed E-state index contributed by atoms with van der Waals surface area (Å²) < 4.78 is 3.50. The van der Waals surface area contributed by atoms with E-state index in [4.69, 9.17) is 0 Å². The summed E-state index contributed by atoms with van der Waals surface area (Å²) in [5.74, 6) is 0.651. The van der Waals surface area contributed by atoms with Gasteiger partial charge in [0.2, 0.25) is 5.91 Å². The SMILES string of the molecule is CCNC(=NCc1cccc(NC(=O)Cn2cccn2)c1)NCCCn1cccn1. The first-order chi connectivity index (χ1) is 14.7. The number of nitrogens with one attached hydrogen (secondary N) is 3. The average molecular weight is 409 g/mol. The number of aryl methyl sites for hydroxylation is 1. The number of anilines is 1. The van der Waals surface area contributed by atoms with Crippen molar-refractivity contribution in [3.63, 3.8) is 0 Å². The zero-order valence-corrected chi connectivity index (χ0v) is 17.2. The minimum absolute atomic E-state index is 0.119. The highest BCUT2D eigenvalue weighted by molar-refractivity contribution is 5.90. The molecule has 0 aliphatic heterocycles. The molecular weight excluding hydrogens is 380 g/mol. The number of nitrogens with zero attached hydrogens (tertiary/aromatic N) is 5. The summed E-state index contributed by atoms with van der Waals surface area (Å²) in [4.78, 5) is 16.8. The van der Waals surface area contributed by atoms with Gasteiger partial charge in [0.1, 0.15) is 6.54 Å². The van der Waals surface area contributed by atoms with Gasteiger partial charge in [-0.3, -0.25) is 14.2 Å². The van der Waals surface area contributed by atoms with Gasteiger partial charge in [-0.15, -0.1) is 0 Å². The molecule has 0 saturated heterocycles. The molecule has 9 nitrogen and oxygen atoms in total. The van der Waals surface area contributed by atoms with Crippen molar-refractivity contribution in [3.05, 3.63) is 66.7 Å². The molecule has 158 valence electrons. The molecule has 0 saturated carbocycles. The van der Waals surface area contributed by atoms with E-state index in [2.05, 4.69) is 31.1 Å². The maximum absolute atomic E-state index is 12.1. The normalized spacial score (nSPS) is 11.3. The van der Waals surface area contributed by atoms with Crippen LogP contribution in [0.2, 0.25) is 0 Å². The third-order valence-corrected chi connectivity index (χ3v) is 4.26. The Labute approximate surface area is 176 Å². The van der Waals surface area contributed by atoms with Gasteiger partial charge in [0.05, 0.1) is 6.54 Å². The standard InChI is InChI=1S/C21H28N8O/c1-2-22-21(23-9-4-12-28-13-5-10-25-28)24-16-18-7-3-8-19(15-18)27-20(30)17-29-14-6-11-26-29/h3,5-8,10-11,13-15H,2,4,9,12,16-17H2,1H3,(H,27,30)(H2,22,23,24). The highest BCUT2D eigenvalue weighted by Gasteiger charge is 2.05. The molecule has 3 aromatic rings. The van der Waals surface area contributed by atoms with E-state index in [9.17, 15) is 4.79 Å². The number of carbonyl (C=O) groups is 1. The molecule has 2 aromatic heterocycles. The Kier molecular flexibility index (Phi) is 8.02. The third-order valence-electron chi connectivity index (χ3n) is 4.26. The lowest BCUT2D eigenvalue weighted by Crippen LogP contribution is -2.38. The van der Waals surface area contributed by atoms with Crippen LogP contribution in [0.4, 0.5) is 5.69 Å². The zero-order valence-electron chi connectivity index (χ0n) is 17.2. The van der Waals surface area contributed by atoms with Crippen LogP contribution in [0.25, 0.3) is 0 Å². The van der Waals surface area contributed by atoms with Gasteiger partial charge in [0, 0.05) is 50.1 Å². The number of benzene rings is 1. The number of amides is 1. The van der Waals surface area contributed by atoms with E-state index in [0.717, 1.165) is 43.3 Å². The van der Waals surface area contributed by atoms with E-state index in [1.165, 1.54) is 0 Å². The second-order valence-electron chi connectivity index (χ2n) is 6.70. The number of hydrogen-bond donors (Lipinski definition) is 3. The van der Waals surface area contributed by atoms with Crippen molar-refractivity contribution in [1.82, 2.24) is 30.2 Å². The molecule has 0 atom stereocenters. The molecule has 0 aliphatic carbocycles. The van der Waals surface area contributed by atoms with Crippen LogP contribution in [-0.4, -0.2) is 44.5 Å². The monoisotopic (exact) mass is 408 g/mol. The van der Waals surface area contributed by atoms with E-state index in [0.29, 0.717) is 6.54 Å². The molecule has 0 bridgehead atoms. The maximum atomic E-state index is 12.1. The molecule has 3 rings (SSSR count). The predicted molar refractivity (Wildman–Crippen MR) is 117 cm³/mol. The highest BCUT2D eigenvalue weighted by atomic mass is 16.2. The van der Waals surface area contributed by atoms with Gasteiger partial charge in [0.15, 0.2) is 5.96 Å². The van der Waals surface area contributed by atoms with Crippen LogP contribution in [0.3, 0.4) is 0 Å². The van der Waals surface area contributed by atoms with Gasteiger partial charge in [-0.2, -0.15) is 10.2 Å². The van der Waals surface area contributed by atoms with Gasteiger partial charge in [0.25, 0.3) is 0 Å². The van der Waals surface area contributed by atoms with Crippen molar-refractivity contribution >= 4 is 17.6 Å². The van der Waals surface area contributed by atoms with E-state index in [1.54, 1.807) is 29.3 Å². The van der Waals surface area contributed by atoms with Gasteiger partial charge < -0.3 is 16.0 Å². The second kappa shape index (κ2) is 11.4. The summed E-state index contributed by atoms with van der Waals surface area (Å²) in [7, 11) is 0. The van der Waals surface area contributed by atoms with E-state index in [1.807, 2.05) is 48.1 Å². The average Bonchev–Trinajstić information content (AvgIpc) is 3.44. The van der Waals surface area contributed by atoms with Crippen molar-refractivity contribution in [3.8, 4) is 0 Å². The van der Waals surface area contributed by atoms with Crippen LogP contribution in [0.5, 0.6) is 0 Å². The quantitative estimate of drug-likeness (QED) is 0.270. The Balaban J connectivity index is 1.49. The Morgan fingerprint density at radius 2 is 1.87 bits per heavy atom. The van der Waals surface area contributed by atoms with Crippen LogP contribution < -0.4 is 16.0 Å². The first kappa shape index (κ1) is 21.1. The number of carbonyl (C=O) groups excluding carboxylic acids is 1. The van der Waals surface area contributed by atoms with Crippen LogP contribution >= 0.6 is 0 Å². The fraction of sp³-hybridized carbons (Fsp3) is 0.333. The number of aliphatic imine (C=N–C) groups is 1. The summed E-state index contributed by atoms with van der Waals surface area (Å²) in [6.07, 6.45) is 8.10. The number of hydrogen-bond acceptors (Lipinski definition) is 4. The maximum Gasteiger partial charge on any atom is 0.246 e. The minimum Gasteiger partial charge on any atom is -0.357 e. The van der Waals surface area contributed by atoms with E-state index >= 15 is 0 Å². The number of rotatable bonds is 10. The Bertz CT molecular complexity index is 918. The molecule has 2 heterocycles. The topological polar surface area (TPSA) is 101 Å². The van der Waals surface area contributed by atoms with Crippen LogP contribution in [0.1, 0.15) is 18.9 Å². The Hall–Kier alpha value is -3.62. The van der Waals surface area contributed by atoms with Crippen molar-refractivity contribution in [2.24, 2.45) is 4.99 Å². The largest absolute Gasteiger partial charge is 0.357 e. The fourth-order valence-corrected chi connectivity index (χ4v) is 2.88. The summed E-state index contributed by atoms with van der Waals surface area (Å²) in [6.45, 7) is 5.18.